The van der Waals surface area contributed by atoms with Gasteiger partial charge in [0.15, 0.2) is 0 Å². The SMILES string of the molecule is OCC(F)(F)CNC1CCCC1. The predicted molar refractivity (Wildman–Crippen MR) is 42.3 cm³/mol. The van der Waals surface area contributed by atoms with Crippen LogP contribution in [0.15, 0.2) is 0 Å². The summed E-state index contributed by atoms with van der Waals surface area (Å²) in [4.78, 5) is 0. The molecular formula is C8H15F2NO. The van der Waals surface area contributed by atoms with Gasteiger partial charge in [-0.05, 0) is 12.8 Å². The van der Waals surface area contributed by atoms with E-state index in [0.717, 1.165) is 25.7 Å². The third-order valence-electron chi connectivity index (χ3n) is 2.24. The van der Waals surface area contributed by atoms with Gasteiger partial charge < -0.3 is 10.4 Å². The van der Waals surface area contributed by atoms with Gasteiger partial charge in [-0.2, -0.15) is 0 Å². The molecule has 0 heterocycles. The second kappa shape index (κ2) is 4.14. The average molecular weight is 179 g/mol. The number of hydrogen-bond acceptors (Lipinski definition) is 2. The molecule has 0 atom stereocenters. The molecule has 2 nitrogen and oxygen atoms in total. The van der Waals surface area contributed by atoms with Gasteiger partial charge in [0, 0.05) is 6.04 Å². The van der Waals surface area contributed by atoms with E-state index in [9.17, 15) is 8.78 Å². The van der Waals surface area contributed by atoms with Crippen molar-refractivity contribution in [2.75, 3.05) is 13.2 Å². The van der Waals surface area contributed by atoms with Crippen molar-refractivity contribution in [2.45, 2.75) is 37.6 Å². The van der Waals surface area contributed by atoms with Crippen molar-refractivity contribution >= 4 is 0 Å². The van der Waals surface area contributed by atoms with Crippen LogP contribution in [0.2, 0.25) is 0 Å². The van der Waals surface area contributed by atoms with Gasteiger partial charge in [-0.25, -0.2) is 8.78 Å². The van der Waals surface area contributed by atoms with E-state index in [1.807, 2.05) is 0 Å². The second-order valence-corrected chi connectivity index (χ2v) is 3.38. The summed E-state index contributed by atoms with van der Waals surface area (Å²) in [5.74, 6) is -2.96. The van der Waals surface area contributed by atoms with Gasteiger partial charge >= 0.3 is 0 Å². The van der Waals surface area contributed by atoms with Crippen molar-refractivity contribution in [2.24, 2.45) is 0 Å². The van der Waals surface area contributed by atoms with Crippen LogP contribution in [0.5, 0.6) is 0 Å². The molecule has 72 valence electrons. The van der Waals surface area contributed by atoms with Crippen LogP contribution in [0.3, 0.4) is 0 Å². The Kier molecular flexibility index (Phi) is 3.40. The molecule has 12 heavy (non-hydrogen) atoms. The molecule has 1 aliphatic carbocycles. The van der Waals surface area contributed by atoms with Gasteiger partial charge in [0.25, 0.3) is 5.92 Å². The molecule has 1 aliphatic rings. The number of hydrogen-bond donors (Lipinski definition) is 2. The summed E-state index contributed by atoms with van der Waals surface area (Å²) < 4.78 is 25.0. The lowest BCUT2D eigenvalue weighted by Gasteiger charge is -2.17. The third kappa shape index (κ3) is 3.03. The van der Waals surface area contributed by atoms with Crippen LogP contribution >= 0.6 is 0 Å². The Balaban J connectivity index is 2.15. The third-order valence-corrected chi connectivity index (χ3v) is 2.24. The van der Waals surface area contributed by atoms with Gasteiger partial charge in [-0.15, -0.1) is 0 Å². The Morgan fingerprint density at radius 3 is 2.42 bits per heavy atom. The molecule has 0 aromatic carbocycles. The molecule has 1 rings (SSSR count). The van der Waals surface area contributed by atoms with E-state index in [2.05, 4.69) is 5.32 Å². The zero-order chi connectivity index (χ0) is 9.03. The van der Waals surface area contributed by atoms with Crippen LogP contribution in [0.4, 0.5) is 8.78 Å². The average Bonchev–Trinajstić information content (AvgIpc) is 2.53. The molecule has 0 spiro atoms. The highest BCUT2D eigenvalue weighted by Gasteiger charge is 2.28. The van der Waals surface area contributed by atoms with Gasteiger partial charge in [0.1, 0.15) is 6.61 Å². The maximum Gasteiger partial charge on any atom is 0.282 e. The fourth-order valence-corrected chi connectivity index (χ4v) is 1.48. The van der Waals surface area contributed by atoms with Crippen LogP contribution in [0.1, 0.15) is 25.7 Å². The smallest absolute Gasteiger partial charge is 0.282 e. The molecule has 2 N–H and O–H groups in total. The Hall–Kier alpha value is -0.220. The first-order chi connectivity index (χ1) is 5.64. The summed E-state index contributed by atoms with van der Waals surface area (Å²) in [6, 6.07) is 0.238. The highest BCUT2D eigenvalue weighted by molar-refractivity contribution is 4.77. The fourth-order valence-electron chi connectivity index (χ4n) is 1.48. The summed E-state index contributed by atoms with van der Waals surface area (Å²) in [5.41, 5.74) is 0. The molecule has 0 unspecified atom stereocenters. The van der Waals surface area contributed by atoms with Crippen molar-refractivity contribution in [3.63, 3.8) is 0 Å². The van der Waals surface area contributed by atoms with E-state index in [0.29, 0.717) is 0 Å². The van der Waals surface area contributed by atoms with Crippen molar-refractivity contribution in [1.82, 2.24) is 5.32 Å². The van der Waals surface area contributed by atoms with Crippen LogP contribution in [0, 0.1) is 0 Å². The van der Waals surface area contributed by atoms with E-state index in [1.54, 1.807) is 0 Å². The van der Waals surface area contributed by atoms with E-state index < -0.39 is 19.1 Å². The minimum atomic E-state index is -2.96. The minimum Gasteiger partial charge on any atom is -0.390 e. The number of nitrogens with one attached hydrogen (secondary N) is 1. The largest absolute Gasteiger partial charge is 0.390 e. The minimum absolute atomic E-state index is 0.238. The first kappa shape index (κ1) is 9.86. The van der Waals surface area contributed by atoms with Gasteiger partial charge in [0.05, 0.1) is 6.54 Å². The van der Waals surface area contributed by atoms with Crippen molar-refractivity contribution in [3.8, 4) is 0 Å². The quantitative estimate of drug-likeness (QED) is 0.678. The monoisotopic (exact) mass is 179 g/mol. The molecule has 0 saturated heterocycles. The molecule has 0 aliphatic heterocycles. The normalized spacial score (nSPS) is 20.2. The fraction of sp³-hybridized carbons (Fsp3) is 1.00. The lowest BCUT2D eigenvalue weighted by molar-refractivity contribution is -0.0491. The molecule has 1 saturated carbocycles. The number of aliphatic hydroxyl groups excluding tert-OH is 1. The summed E-state index contributed by atoms with van der Waals surface area (Å²) in [7, 11) is 0. The first-order valence-corrected chi connectivity index (χ1v) is 4.36. The Bertz CT molecular complexity index is 135. The summed E-state index contributed by atoms with van der Waals surface area (Å²) in [6.45, 7) is -1.46. The van der Waals surface area contributed by atoms with Crippen molar-refractivity contribution in [1.29, 1.82) is 0 Å². The lowest BCUT2D eigenvalue weighted by Crippen LogP contribution is -2.40. The Morgan fingerprint density at radius 1 is 1.33 bits per heavy atom. The maximum absolute atomic E-state index is 12.5. The molecule has 0 amide bonds. The summed E-state index contributed by atoms with van der Waals surface area (Å²) in [6.07, 6.45) is 4.23. The molecular weight excluding hydrogens is 164 g/mol. The van der Waals surface area contributed by atoms with Crippen molar-refractivity contribution in [3.05, 3.63) is 0 Å². The maximum atomic E-state index is 12.5. The van der Waals surface area contributed by atoms with Crippen LogP contribution < -0.4 is 5.32 Å². The topological polar surface area (TPSA) is 32.3 Å². The highest BCUT2D eigenvalue weighted by Crippen LogP contribution is 2.19. The standard InChI is InChI=1S/C8H15F2NO/c9-8(10,6-12)5-11-7-3-1-2-4-7/h7,11-12H,1-6H2. The predicted octanol–water partition coefficient (Wildman–Crippen LogP) is 1.15. The van der Waals surface area contributed by atoms with Crippen LogP contribution in [-0.2, 0) is 0 Å². The van der Waals surface area contributed by atoms with Gasteiger partial charge in [-0.1, -0.05) is 12.8 Å². The molecule has 0 bridgehead atoms. The molecule has 0 radical (unpaired) electrons. The molecule has 0 aromatic heterocycles. The number of rotatable bonds is 4. The van der Waals surface area contributed by atoms with E-state index in [-0.39, 0.29) is 6.04 Å². The Labute approximate surface area is 71.0 Å². The number of aliphatic hydroxyl groups is 1. The van der Waals surface area contributed by atoms with Gasteiger partial charge in [0.2, 0.25) is 0 Å². The molecule has 4 heteroatoms. The second-order valence-electron chi connectivity index (χ2n) is 3.38. The zero-order valence-electron chi connectivity index (χ0n) is 7.02. The van der Waals surface area contributed by atoms with E-state index >= 15 is 0 Å². The van der Waals surface area contributed by atoms with Gasteiger partial charge in [-0.3, -0.25) is 0 Å². The number of alkyl halides is 2. The molecule has 0 aromatic rings. The van der Waals surface area contributed by atoms with Crippen molar-refractivity contribution < 1.29 is 13.9 Å². The first-order valence-electron chi connectivity index (χ1n) is 4.36. The van der Waals surface area contributed by atoms with Crippen LogP contribution in [-0.4, -0.2) is 30.2 Å². The zero-order valence-corrected chi connectivity index (χ0v) is 7.02. The van der Waals surface area contributed by atoms with Crippen LogP contribution in [0.25, 0.3) is 0 Å². The Morgan fingerprint density at radius 2 is 1.92 bits per heavy atom. The highest BCUT2D eigenvalue weighted by atomic mass is 19.3. The number of halogens is 2. The molecule has 1 fully saturated rings. The van der Waals surface area contributed by atoms with E-state index in [4.69, 9.17) is 5.11 Å². The summed E-state index contributed by atoms with van der Waals surface area (Å²) in [5, 5.41) is 11.0. The lowest BCUT2D eigenvalue weighted by atomic mass is 10.2. The summed E-state index contributed by atoms with van der Waals surface area (Å²) >= 11 is 0. The van der Waals surface area contributed by atoms with E-state index in [1.165, 1.54) is 0 Å².